The zero-order chi connectivity index (χ0) is 15.9. The molecule has 1 aromatic rings. The van der Waals surface area contributed by atoms with Gasteiger partial charge in [-0.3, -0.25) is 4.79 Å². The monoisotopic (exact) mass is 303 g/mol. The van der Waals surface area contributed by atoms with Gasteiger partial charge in [0.1, 0.15) is 0 Å². The minimum atomic E-state index is 0.139. The maximum Gasteiger partial charge on any atom is 0.221 e. The van der Waals surface area contributed by atoms with Crippen molar-refractivity contribution < 1.29 is 4.79 Å². The Morgan fingerprint density at radius 1 is 1.27 bits per heavy atom. The lowest BCUT2D eigenvalue weighted by atomic mass is 10.0. The summed E-state index contributed by atoms with van der Waals surface area (Å²) in [6.45, 7) is 5.86. The van der Waals surface area contributed by atoms with E-state index in [0.717, 1.165) is 25.2 Å². The van der Waals surface area contributed by atoms with Crippen LogP contribution in [0.15, 0.2) is 24.3 Å². The average Bonchev–Trinajstić information content (AvgIpc) is 2.52. The molecule has 122 valence electrons. The Kier molecular flexibility index (Phi) is 6.40. The summed E-state index contributed by atoms with van der Waals surface area (Å²) in [6.07, 6.45) is 2.99. The first-order valence-electron chi connectivity index (χ1n) is 8.25. The van der Waals surface area contributed by atoms with Gasteiger partial charge in [-0.15, -0.1) is 0 Å². The Morgan fingerprint density at radius 3 is 2.55 bits per heavy atom. The van der Waals surface area contributed by atoms with Crippen LogP contribution in [-0.2, 0) is 11.3 Å². The maximum atomic E-state index is 12.0. The smallest absolute Gasteiger partial charge is 0.221 e. The predicted molar refractivity (Wildman–Crippen MR) is 90.8 cm³/mol. The van der Waals surface area contributed by atoms with Crippen LogP contribution in [-0.4, -0.2) is 55.5 Å². The van der Waals surface area contributed by atoms with Gasteiger partial charge in [-0.1, -0.05) is 29.8 Å². The van der Waals surface area contributed by atoms with E-state index in [1.54, 1.807) is 0 Å². The second kappa shape index (κ2) is 8.30. The molecule has 0 saturated carbocycles. The van der Waals surface area contributed by atoms with Gasteiger partial charge in [0, 0.05) is 25.6 Å². The lowest BCUT2D eigenvalue weighted by Crippen LogP contribution is -2.43. The average molecular weight is 303 g/mol. The Morgan fingerprint density at radius 2 is 1.91 bits per heavy atom. The Hall–Kier alpha value is -1.39. The molecule has 0 radical (unpaired) electrons. The first-order chi connectivity index (χ1) is 10.5. The minimum Gasteiger partial charge on any atom is -0.352 e. The topological polar surface area (TPSA) is 35.6 Å². The summed E-state index contributed by atoms with van der Waals surface area (Å²) in [7, 11) is 4.32. The second-order valence-corrected chi connectivity index (χ2v) is 6.53. The molecule has 0 spiro atoms. The zero-order valence-electron chi connectivity index (χ0n) is 14.1. The van der Waals surface area contributed by atoms with Crippen molar-refractivity contribution in [3.8, 4) is 0 Å². The van der Waals surface area contributed by atoms with E-state index in [-0.39, 0.29) is 5.91 Å². The summed E-state index contributed by atoms with van der Waals surface area (Å²) in [5.41, 5.74) is 2.40. The van der Waals surface area contributed by atoms with E-state index >= 15 is 0 Å². The summed E-state index contributed by atoms with van der Waals surface area (Å²) < 4.78 is 0. The first-order valence-corrected chi connectivity index (χ1v) is 8.25. The standard InChI is InChI=1S/C18H29N3O/c1-15-4-6-16(7-5-15)14-19-18(22)10-13-21(3)17-8-11-20(2)12-9-17/h4-7,17H,8-14H2,1-3H3,(H,19,22). The van der Waals surface area contributed by atoms with Crippen molar-refractivity contribution in [2.75, 3.05) is 33.7 Å². The zero-order valence-corrected chi connectivity index (χ0v) is 14.1. The van der Waals surface area contributed by atoms with Crippen molar-refractivity contribution in [2.24, 2.45) is 0 Å². The summed E-state index contributed by atoms with van der Waals surface area (Å²) in [4.78, 5) is 16.7. The fourth-order valence-corrected chi connectivity index (χ4v) is 2.89. The number of rotatable bonds is 6. The van der Waals surface area contributed by atoms with Crippen molar-refractivity contribution in [1.29, 1.82) is 0 Å². The quantitative estimate of drug-likeness (QED) is 0.873. The largest absolute Gasteiger partial charge is 0.352 e. The van der Waals surface area contributed by atoms with Crippen LogP contribution >= 0.6 is 0 Å². The molecule has 0 unspecified atom stereocenters. The molecular formula is C18H29N3O. The maximum absolute atomic E-state index is 12.0. The number of aryl methyl sites for hydroxylation is 1. The van der Waals surface area contributed by atoms with Gasteiger partial charge in [-0.25, -0.2) is 0 Å². The molecule has 4 heteroatoms. The predicted octanol–water partition coefficient (Wildman–Crippen LogP) is 2.03. The molecule has 0 bridgehead atoms. The van der Waals surface area contributed by atoms with E-state index in [1.165, 1.54) is 18.4 Å². The molecule has 1 aliphatic rings. The number of likely N-dealkylation sites (tertiary alicyclic amines) is 1. The molecule has 22 heavy (non-hydrogen) atoms. The van der Waals surface area contributed by atoms with E-state index in [2.05, 4.69) is 60.4 Å². The molecule has 0 aliphatic carbocycles. The molecule has 1 saturated heterocycles. The van der Waals surface area contributed by atoms with E-state index in [0.29, 0.717) is 19.0 Å². The van der Waals surface area contributed by atoms with Gasteiger partial charge in [0.05, 0.1) is 0 Å². The highest BCUT2D eigenvalue weighted by molar-refractivity contribution is 5.76. The number of benzene rings is 1. The van der Waals surface area contributed by atoms with E-state index in [1.807, 2.05) is 0 Å². The Bertz CT molecular complexity index is 464. The highest BCUT2D eigenvalue weighted by Crippen LogP contribution is 2.14. The molecule has 1 N–H and O–H groups in total. The molecule has 1 heterocycles. The van der Waals surface area contributed by atoms with Gasteiger partial charge in [0.25, 0.3) is 0 Å². The van der Waals surface area contributed by atoms with Crippen LogP contribution < -0.4 is 5.32 Å². The number of nitrogens with one attached hydrogen (secondary N) is 1. The number of hydrogen-bond acceptors (Lipinski definition) is 3. The Labute approximate surface area is 134 Å². The second-order valence-electron chi connectivity index (χ2n) is 6.53. The third kappa shape index (κ3) is 5.43. The van der Waals surface area contributed by atoms with Crippen LogP contribution in [0.3, 0.4) is 0 Å². The summed E-state index contributed by atoms with van der Waals surface area (Å²) in [5, 5.41) is 3.01. The van der Waals surface area contributed by atoms with E-state index in [9.17, 15) is 4.79 Å². The molecule has 1 amide bonds. The third-order valence-electron chi connectivity index (χ3n) is 4.61. The molecule has 0 aromatic heterocycles. The van der Waals surface area contributed by atoms with Crippen LogP contribution in [0.2, 0.25) is 0 Å². The van der Waals surface area contributed by atoms with Crippen LogP contribution in [0, 0.1) is 6.92 Å². The van der Waals surface area contributed by atoms with Crippen LogP contribution in [0.5, 0.6) is 0 Å². The number of carbonyl (C=O) groups is 1. The Balaban J connectivity index is 1.65. The van der Waals surface area contributed by atoms with Gasteiger partial charge in [0.2, 0.25) is 5.91 Å². The fraction of sp³-hybridized carbons (Fsp3) is 0.611. The number of amides is 1. The molecular weight excluding hydrogens is 274 g/mol. The van der Waals surface area contributed by atoms with Crippen LogP contribution in [0.4, 0.5) is 0 Å². The summed E-state index contributed by atoms with van der Waals surface area (Å²) >= 11 is 0. The number of piperidine rings is 1. The van der Waals surface area contributed by atoms with Gasteiger partial charge in [0.15, 0.2) is 0 Å². The first kappa shape index (κ1) is 17.0. The minimum absolute atomic E-state index is 0.139. The van der Waals surface area contributed by atoms with Crippen molar-refractivity contribution in [1.82, 2.24) is 15.1 Å². The van der Waals surface area contributed by atoms with Crippen molar-refractivity contribution >= 4 is 5.91 Å². The number of nitrogens with zero attached hydrogens (tertiary/aromatic N) is 2. The van der Waals surface area contributed by atoms with Gasteiger partial charge < -0.3 is 15.1 Å². The molecule has 1 aromatic carbocycles. The third-order valence-corrected chi connectivity index (χ3v) is 4.61. The van der Waals surface area contributed by atoms with Crippen molar-refractivity contribution in [3.63, 3.8) is 0 Å². The number of carbonyl (C=O) groups excluding carboxylic acids is 1. The molecule has 2 rings (SSSR count). The highest BCUT2D eigenvalue weighted by atomic mass is 16.1. The highest BCUT2D eigenvalue weighted by Gasteiger charge is 2.20. The van der Waals surface area contributed by atoms with Gasteiger partial charge >= 0.3 is 0 Å². The molecule has 4 nitrogen and oxygen atoms in total. The van der Waals surface area contributed by atoms with Gasteiger partial charge in [-0.2, -0.15) is 0 Å². The molecule has 0 atom stereocenters. The lowest BCUT2D eigenvalue weighted by molar-refractivity contribution is -0.121. The number of hydrogen-bond donors (Lipinski definition) is 1. The molecule has 1 aliphatic heterocycles. The van der Waals surface area contributed by atoms with E-state index in [4.69, 9.17) is 0 Å². The summed E-state index contributed by atoms with van der Waals surface area (Å²) in [6, 6.07) is 8.92. The summed E-state index contributed by atoms with van der Waals surface area (Å²) in [5.74, 6) is 0.139. The normalized spacial score (nSPS) is 16.9. The van der Waals surface area contributed by atoms with Gasteiger partial charge in [-0.05, 0) is 52.5 Å². The molecule has 1 fully saturated rings. The van der Waals surface area contributed by atoms with Crippen LogP contribution in [0.1, 0.15) is 30.4 Å². The van der Waals surface area contributed by atoms with Crippen LogP contribution in [0.25, 0.3) is 0 Å². The lowest BCUT2D eigenvalue weighted by Gasteiger charge is -2.35. The van der Waals surface area contributed by atoms with E-state index < -0.39 is 0 Å². The fourth-order valence-electron chi connectivity index (χ4n) is 2.89. The van der Waals surface area contributed by atoms with Crippen molar-refractivity contribution in [2.45, 2.75) is 38.8 Å². The SMILES string of the molecule is Cc1ccc(CNC(=O)CCN(C)C2CCN(C)CC2)cc1. The van der Waals surface area contributed by atoms with Crippen molar-refractivity contribution in [3.05, 3.63) is 35.4 Å².